The Morgan fingerprint density at radius 1 is 1.06 bits per heavy atom. The highest BCUT2D eigenvalue weighted by atomic mass is 16.6. The number of nitro groups is 1. The number of amides is 1. The second-order valence-electron chi connectivity index (χ2n) is 7.23. The van der Waals surface area contributed by atoms with Crippen LogP contribution in [0, 0.1) is 10.1 Å². The van der Waals surface area contributed by atoms with Gasteiger partial charge in [-0.15, -0.1) is 0 Å². The van der Waals surface area contributed by atoms with Gasteiger partial charge in [-0.2, -0.15) is 0 Å². The first kappa shape index (κ1) is 21.5. The zero-order valence-electron chi connectivity index (χ0n) is 16.9. The Hall–Kier alpha value is -4.73. The lowest BCUT2D eigenvalue weighted by Crippen LogP contribution is -2.29. The fourth-order valence-electron chi connectivity index (χ4n) is 3.69. The van der Waals surface area contributed by atoms with Crippen LogP contribution >= 0.6 is 0 Å². The van der Waals surface area contributed by atoms with Gasteiger partial charge in [-0.05, 0) is 29.8 Å². The minimum Gasteiger partial charge on any atom is -0.507 e. The van der Waals surface area contributed by atoms with E-state index in [0.717, 1.165) is 11.0 Å². The molecular weight excluding hydrogens is 432 g/mol. The molecule has 10 heteroatoms. The van der Waals surface area contributed by atoms with Crippen molar-refractivity contribution in [1.82, 2.24) is 0 Å². The van der Waals surface area contributed by atoms with Crippen molar-refractivity contribution in [2.75, 3.05) is 4.90 Å². The molecule has 0 bridgehead atoms. The molecule has 1 unspecified atom stereocenters. The molecule has 4 rings (SSSR count). The number of aliphatic carboxylic acids is 1. The van der Waals surface area contributed by atoms with Crippen LogP contribution in [0.15, 0.2) is 76.9 Å². The number of nitrogens with zero attached hydrogens (tertiary/aromatic N) is 2. The third-order valence-electron chi connectivity index (χ3n) is 5.16. The van der Waals surface area contributed by atoms with Crippen LogP contribution in [0.1, 0.15) is 22.9 Å². The van der Waals surface area contributed by atoms with Gasteiger partial charge in [0.1, 0.15) is 17.6 Å². The number of nitro benzene ring substituents is 1. The summed E-state index contributed by atoms with van der Waals surface area (Å²) in [4.78, 5) is 48.5. The summed E-state index contributed by atoms with van der Waals surface area (Å²) >= 11 is 0. The highest BCUT2D eigenvalue weighted by Crippen LogP contribution is 2.42. The molecule has 2 heterocycles. The van der Waals surface area contributed by atoms with E-state index in [2.05, 4.69) is 0 Å². The van der Waals surface area contributed by atoms with E-state index in [1.807, 2.05) is 0 Å². The summed E-state index contributed by atoms with van der Waals surface area (Å²) in [6, 6.07) is 13.0. The van der Waals surface area contributed by atoms with Gasteiger partial charge in [0.15, 0.2) is 0 Å². The maximum absolute atomic E-state index is 13.0. The average molecular weight is 448 g/mol. The third kappa shape index (κ3) is 3.97. The molecule has 166 valence electrons. The van der Waals surface area contributed by atoms with Crippen molar-refractivity contribution in [2.24, 2.45) is 0 Å². The first-order valence-corrected chi connectivity index (χ1v) is 9.68. The summed E-state index contributed by atoms with van der Waals surface area (Å²) in [6.07, 6.45) is 1.13. The van der Waals surface area contributed by atoms with Gasteiger partial charge in [0, 0.05) is 23.4 Å². The van der Waals surface area contributed by atoms with E-state index in [0.29, 0.717) is 5.56 Å². The number of carboxylic acid groups (broad SMARTS) is 1. The van der Waals surface area contributed by atoms with E-state index >= 15 is 0 Å². The molecule has 0 radical (unpaired) electrons. The maximum Gasteiger partial charge on any atom is 0.307 e. The number of furan rings is 1. The second-order valence-corrected chi connectivity index (χ2v) is 7.23. The smallest absolute Gasteiger partial charge is 0.307 e. The number of aliphatic hydroxyl groups excluding tert-OH is 1. The summed E-state index contributed by atoms with van der Waals surface area (Å²) in [5.41, 5.74) is 0.192. The number of ketones is 1. The lowest BCUT2D eigenvalue weighted by atomic mass is 9.99. The van der Waals surface area contributed by atoms with Crippen LogP contribution in [0.5, 0.6) is 0 Å². The number of non-ortho nitro benzene ring substituents is 1. The molecule has 33 heavy (non-hydrogen) atoms. The van der Waals surface area contributed by atoms with Crippen molar-refractivity contribution < 1.29 is 33.9 Å². The lowest BCUT2D eigenvalue weighted by Gasteiger charge is -2.23. The molecule has 1 aliphatic heterocycles. The van der Waals surface area contributed by atoms with E-state index in [1.54, 1.807) is 6.07 Å². The van der Waals surface area contributed by atoms with Crippen LogP contribution in [0.3, 0.4) is 0 Å². The number of carboxylic acids is 1. The Morgan fingerprint density at radius 3 is 2.39 bits per heavy atom. The number of carbonyl (C=O) groups is 3. The summed E-state index contributed by atoms with van der Waals surface area (Å²) in [7, 11) is 0. The van der Waals surface area contributed by atoms with Gasteiger partial charge in [-0.1, -0.05) is 24.3 Å². The quantitative estimate of drug-likeness (QED) is 0.191. The number of hydrogen-bond acceptors (Lipinski definition) is 7. The van der Waals surface area contributed by atoms with Crippen molar-refractivity contribution >= 4 is 34.8 Å². The second kappa shape index (κ2) is 8.42. The molecule has 3 aromatic rings. The highest BCUT2D eigenvalue weighted by Gasteiger charge is 2.48. The number of aliphatic hydroxyl groups is 1. The first-order valence-electron chi connectivity index (χ1n) is 9.68. The third-order valence-corrected chi connectivity index (χ3v) is 5.16. The predicted octanol–water partition coefficient (Wildman–Crippen LogP) is 3.44. The molecule has 2 aromatic carbocycles. The van der Waals surface area contributed by atoms with Gasteiger partial charge in [0.05, 0.1) is 23.2 Å². The Labute approximate surface area is 186 Å². The first-order chi connectivity index (χ1) is 15.8. The van der Waals surface area contributed by atoms with Gasteiger partial charge in [0.2, 0.25) is 0 Å². The van der Waals surface area contributed by atoms with Crippen LogP contribution in [-0.2, 0) is 20.8 Å². The van der Waals surface area contributed by atoms with E-state index in [1.165, 1.54) is 54.8 Å². The molecule has 10 nitrogen and oxygen atoms in total. The molecule has 1 amide bonds. The van der Waals surface area contributed by atoms with Crippen LogP contribution in [-0.4, -0.2) is 32.8 Å². The average Bonchev–Trinajstić information content (AvgIpc) is 3.41. The Bertz CT molecular complexity index is 1290. The van der Waals surface area contributed by atoms with Gasteiger partial charge < -0.3 is 14.6 Å². The molecule has 1 aliphatic rings. The van der Waals surface area contributed by atoms with Crippen molar-refractivity contribution in [2.45, 2.75) is 12.5 Å². The monoisotopic (exact) mass is 448 g/mol. The molecule has 1 aromatic heterocycles. The molecule has 1 saturated heterocycles. The van der Waals surface area contributed by atoms with Crippen LogP contribution in [0.25, 0.3) is 5.76 Å². The minimum atomic E-state index is -1.13. The standard InChI is InChI=1S/C23H16N2O8/c26-18(27)11-13-6-8-15(9-7-13)24-20(17-5-2-10-33-17)19(22(29)23(24)30)21(28)14-3-1-4-16(12-14)25(31)32/h1-10,12,20,28H,11H2,(H,26,27)/b21-19-. The number of hydrogen-bond donors (Lipinski definition) is 2. The molecule has 0 spiro atoms. The minimum absolute atomic E-state index is 0.00411. The zero-order chi connectivity index (χ0) is 23.7. The molecule has 2 N–H and O–H groups in total. The van der Waals surface area contributed by atoms with Crippen LogP contribution in [0.2, 0.25) is 0 Å². The predicted molar refractivity (Wildman–Crippen MR) is 114 cm³/mol. The highest BCUT2D eigenvalue weighted by molar-refractivity contribution is 6.51. The summed E-state index contributed by atoms with van der Waals surface area (Å²) < 4.78 is 5.44. The van der Waals surface area contributed by atoms with Gasteiger partial charge in [0.25, 0.3) is 17.4 Å². The molecule has 1 atom stereocenters. The Morgan fingerprint density at radius 2 is 1.79 bits per heavy atom. The van der Waals surface area contributed by atoms with Crippen molar-refractivity contribution in [1.29, 1.82) is 0 Å². The summed E-state index contributed by atoms with van der Waals surface area (Å²) in [5.74, 6) is -3.33. The van der Waals surface area contributed by atoms with Crippen LogP contribution in [0.4, 0.5) is 11.4 Å². The maximum atomic E-state index is 13.0. The molecular formula is C23H16N2O8. The SMILES string of the molecule is O=C(O)Cc1ccc(N2C(=O)C(=O)/C(=C(\O)c3cccc([N+](=O)[O-])c3)C2c2ccco2)cc1. The number of carbonyl (C=O) groups excluding carboxylic acids is 2. The largest absolute Gasteiger partial charge is 0.507 e. The molecule has 1 fully saturated rings. The van der Waals surface area contributed by atoms with E-state index < -0.39 is 34.4 Å². The van der Waals surface area contributed by atoms with E-state index in [9.17, 15) is 29.6 Å². The number of Topliss-reactive ketones (excluding diaryl/α,β-unsaturated/α-hetero) is 1. The Balaban J connectivity index is 1.85. The lowest BCUT2D eigenvalue weighted by molar-refractivity contribution is -0.384. The number of benzene rings is 2. The van der Waals surface area contributed by atoms with Crippen LogP contribution < -0.4 is 4.90 Å². The number of anilines is 1. The van der Waals surface area contributed by atoms with Crippen molar-refractivity contribution in [3.05, 3.63) is 99.5 Å². The van der Waals surface area contributed by atoms with E-state index in [4.69, 9.17) is 9.52 Å². The van der Waals surface area contributed by atoms with Crippen molar-refractivity contribution in [3.63, 3.8) is 0 Å². The fourth-order valence-corrected chi connectivity index (χ4v) is 3.69. The molecule has 0 aliphatic carbocycles. The van der Waals surface area contributed by atoms with Gasteiger partial charge >= 0.3 is 5.97 Å². The van der Waals surface area contributed by atoms with Crippen molar-refractivity contribution in [3.8, 4) is 0 Å². The zero-order valence-corrected chi connectivity index (χ0v) is 16.9. The van der Waals surface area contributed by atoms with Gasteiger partial charge in [-0.25, -0.2) is 0 Å². The van der Waals surface area contributed by atoms with E-state index in [-0.39, 0.29) is 34.7 Å². The topological polar surface area (TPSA) is 151 Å². The summed E-state index contributed by atoms with van der Waals surface area (Å²) in [5, 5.41) is 31.0. The summed E-state index contributed by atoms with van der Waals surface area (Å²) in [6.45, 7) is 0. The molecule has 0 saturated carbocycles. The Kier molecular flexibility index (Phi) is 5.49. The fraction of sp³-hybridized carbons (Fsp3) is 0.0870. The van der Waals surface area contributed by atoms with Gasteiger partial charge in [-0.3, -0.25) is 29.4 Å². The normalized spacial score (nSPS) is 17.3. The number of rotatable bonds is 6.